The van der Waals surface area contributed by atoms with E-state index < -0.39 is 0 Å². The molecule has 0 saturated carbocycles. The molecule has 1 heterocycles. The number of hydrogen-bond donors (Lipinski definition) is 1. The summed E-state index contributed by atoms with van der Waals surface area (Å²) in [6.45, 7) is 10.9. The van der Waals surface area contributed by atoms with Crippen molar-refractivity contribution in [2.75, 3.05) is 5.32 Å². The van der Waals surface area contributed by atoms with E-state index in [0.29, 0.717) is 12.2 Å². The lowest BCUT2D eigenvalue weighted by atomic mass is 9.87. The molecule has 0 spiro atoms. The highest BCUT2D eigenvalue weighted by atomic mass is 16.5. The SMILES string of the molecule is Cc1nn(C)c(C)c1NC(=O)c1ccc(COc2ccc(C(C)(C)C)cc2)cc1. The second kappa shape index (κ2) is 8.11. The fourth-order valence-corrected chi connectivity index (χ4v) is 3.11. The Morgan fingerprint density at radius 2 is 1.66 bits per heavy atom. The number of nitrogens with zero attached hydrogens (tertiary/aromatic N) is 2. The molecule has 152 valence electrons. The first-order valence-corrected chi connectivity index (χ1v) is 9.79. The van der Waals surface area contributed by atoms with Gasteiger partial charge in [-0.2, -0.15) is 5.10 Å². The molecule has 1 N–H and O–H groups in total. The second-order valence-electron chi connectivity index (χ2n) is 8.38. The first kappa shape index (κ1) is 20.6. The molecule has 0 aliphatic heterocycles. The number of aromatic nitrogens is 2. The number of amides is 1. The van der Waals surface area contributed by atoms with Crippen molar-refractivity contribution in [2.24, 2.45) is 7.05 Å². The molecule has 5 heteroatoms. The third-order valence-corrected chi connectivity index (χ3v) is 5.09. The van der Waals surface area contributed by atoms with Gasteiger partial charge in [0.05, 0.1) is 17.1 Å². The summed E-state index contributed by atoms with van der Waals surface area (Å²) in [4.78, 5) is 12.6. The zero-order valence-corrected chi connectivity index (χ0v) is 18.0. The van der Waals surface area contributed by atoms with Crippen LogP contribution in [0.3, 0.4) is 0 Å². The topological polar surface area (TPSA) is 56.2 Å². The highest BCUT2D eigenvalue weighted by Gasteiger charge is 2.14. The normalized spacial score (nSPS) is 11.4. The van der Waals surface area contributed by atoms with Crippen molar-refractivity contribution in [1.82, 2.24) is 9.78 Å². The van der Waals surface area contributed by atoms with Gasteiger partial charge in [-0.15, -0.1) is 0 Å². The van der Waals surface area contributed by atoms with Crippen molar-refractivity contribution in [3.63, 3.8) is 0 Å². The van der Waals surface area contributed by atoms with E-state index >= 15 is 0 Å². The van der Waals surface area contributed by atoms with Gasteiger partial charge in [-0.25, -0.2) is 0 Å². The van der Waals surface area contributed by atoms with Crippen molar-refractivity contribution in [3.05, 3.63) is 76.6 Å². The van der Waals surface area contributed by atoms with Crippen LogP contribution in [0.15, 0.2) is 48.5 Å². The van der Waals surface area contributed by atoms with Crippen LogP contribution in [-0.4, -0.2) is 15.7 Å². The summed E-state index contributed by atoms with van der Waals surface area (Å²) in [6.07, 6.45) is 0. The van der Waals surface area contributed by atoms with E-state index in [2.05, 4.69) is 43.3 Å². The number of nitrogens with one attached hydrogen (secondary N) is 1. The summed E-state index contributed by atoms with van der Waals surface area (Å²) in [5, 5.41) is 7.29. The predicted octanol–water partition coefficient (Wildman–Crippen LogP) is 5.17. The van der Waals surface area contributed by atoms with Crippen LogP contribution in [0.25, 0.3) is 0 Å². The monoisotopic (exact) mass is 391 g/mol. The molecule has 1 amide bonds. The standard InChI is InChI=1S/C24H29N3O2/c1-16-22(17(2)27(6)26-16)25-23(28)19-9-7-18(8-10-19)15-29-21-13-11-20(12-14-21)24(3,4)5/h7-14H,15H2,1-6H3,(H,25,28). The van der Waals surface area contributed by atoms with Crippen molar-refractivity contribution in [3.8, 4) is 5.75 Å². The van der Waals surface area contributed by atoms with Gasteiger partial charge in [0.25, 0.3) is 5.91 Å². The molecule has 0 fully saturated rings. The van der Waals surface area contributed by atoms with Gasteiger partial charge in [-0.05, 0) is 54.7 Å². The summed E-state index contributed by atoms with van der Waals surface area (Å²) >= 11 is 0. The van der Waals surface area contributed by atoms with Crippen molar-refractivity contribution in [2.45, 2.75) is 46.6 Å². The van der Waals surface area contributed by atoms with E-state index in [1.807, 2.05) is 57.3 Å². The van der Waals surface area contributed by atoms with Crippen LogP contribution in [0.4, 0.5) is 5.69 Å². The molecule has 3 rings (SSSR count). The van der Waals surface area contributed by atoms with Crippen LogP contribution in [-0.2, 0) is 19.1 Å². The Morgan fingerprint density at radius 3 is 2.17 bits per heavy atom. The number of benzene rings is 2. The zero-order valence-electron chi connectivity index (χ0n) is 18.0. The Labute approximate surface area is 172 Å². The third kappa shape index (κ3) is 4.86. The fraction of sp³-hybridized carbons (Fsp3) is 0.333. The smallest absolute Gasteiger partial charge is 0.255 e. The maximum atomic E-state index is 12.6. The third-order valence-electron chi connectivity index (χ3n) is 5.09. The Morgan fingerprint density at radius 1 is 1.03 bits per heavy atom. The molecule has 0 atom stereocenters. The predicted molar refractivity (Wildman–Crippen MR) is 117 cm³/mol. The minimum atomic E-state index is -0.144. The largest absolute Gasteiger partial charge is 0.489 e. The van der Waals surface area contributed by atoms with Gasteiger partial charge in [-0.1, -0.05) is 45.0 Å². The molecule has 2 aromatic carbocycles. The fourth-order valence-electron chi connectivity index (χ4n) is 3.11. The zero-order chi connectivity index (χ0) is 21.2. The number of anilines is 1. The highest BCUT2D eigenvalue weighted by molar-refractivity contribution is 6.04. The first-order valence-electron chi connectivity index (χ1n) is 9.79. The minimum absolute atomic E-state index is 0.127. The average molecular weight is 392 g/mol. The van der Waals surface area contributed by atoms with Gasteiger partial charge in [0, 0.05) is 12.6 Å². The van der Waals surface area contributed by atoms with E-state index in [9.17, 15) is 4.79 Å². The molecule has 3 aromatic rings. The van der Waals surface area contributed by atoms with Crippen LogP contribution in [0.1, 0.15) is 53.6 Å². The number of carbonyl (C=O) groups is 1. The van der Waals surface area contributed by atoms with Gasteiger partial charge < -0.3 is 10.1 Å². The Kier molecular flexibility index (Phi) is 5.78. The molecular weight excluding hydrogens is 362 g/mol. The summed E-state index contributed by atoms with van der Waals surface area (Å²) in [7, 11) is 1.86. The van der Waals surface area contributed by atoms with Gasteiger partial charge in [0.1, 0.15) is 12.4 Å². The Balaban J connectivity index is 1.60. The molecule has 0 bridgehead atoms. The van der Waals surface area contributed by atoms with Gasteiger partial charge in [0.2, 0.25) is 0 Å². The maximum Gasteiger partial charge on any atom is 0.255 e. The van der Waals surface area contributed by atoms with Crippen molar-refractivity contribution in [1.29, 1.82) is 0 Å². The number of hydrogen-bond acceptors (Lipinski definition) is 3. The van der Waals surface area contributed by atoms with Gasteiger partial charge >= 0.3 is 0 Å². The molecule has 0 aliphatic rings. The summed E-state index contributed by atoms with van der Waals surface area (Å²) < 4.78 is 7.64. The lowest BCUT2D eigenvalue weighted by Crippen LogP contribution is -2.13. The lowest BCUT2D eigenvalue weighted by Gasteiger charge is -2.19. The number of aryl methyl sites for hydroxylation is 2. The molecular formula is C24H29N3O2. The minimum Gasteiger partial charge on any atom is -0.489 e. The van der Waals surface area contributed by atoms with Crippen LogP contribution in [0.5, 0.6) is 5.75 Å². The van der Waals surface area contributed by atoms with Crippen LogP contribution >= 0.6 is 0 Å². The van der Waals surface area contributed by atoms with Gasteiger partial charge in [0.15, 0.2) is 0 Å². The van der Waals surface area contributed by atoms with Crippen molar-refractivity contribution >= 4 is 11.6 Å². The molecule has 0 unspecified atom stereocenters. The molecule has 29 heavy (non-hydrogen) atoms. The number of rotatable bonds is 5. The van der Waals surface area contributed by atoms with Crippen LogP contribution in [0, 0.1) is 13.8 Å². The van der Waals surface area contributed by atoms with E-state index in [-0.39, 0.29) is 11.3 Å². The van der Waals surface area contributed by atoms with Gasteiger partial charge in [-0.3, -0.25) is 9.48 Å². The highest BCUT2D eigenvalue weighted by Crippen LogP contribution is 2.25. The summed E-state index contributed by atoms with van der Waals surface area (Å²) in [5.74, 6) is 0.691. The van der Waals surface area contributed by atoms with Crippen LogP contribution < -0.4 is 10.1 Å². The summed E-state index contributed by atoms with van der Waals surface area (Å²) in [6, 6.07) is 15.7. The Hall–Kier alpha value is -3.08. The summed E-state index contributed by atoms with van der Waals surface area (Å²) in [5.41, 5.74) is 5.52. The van der Waals surface area contributed by atoms with E-state index in [1.54, 1.807) is 4.68 Å². The molecule has 0 aliphatic carbocycles. The molecule has 5 nitrogen and oxygen atoms in total. The number of ether oxygens (including phenoxy) is 1. The van der Waals surface area contributed by atoms with E-state index in [1.165, 1.54) is 5.56 Å². The molecule has 0 saturated heterocycles. The number of carbonyl (C=O) groups excluding carboxylic acids is 1. The van der Waals surface area contributed by atoms with E-state index in [4.69, 9.17) is 4.74 Å². The first-order chi connectivity index (χ1) is 13.6. The average Bonchev–Trinajstić information content (AvgIpc) is 2.92. The van der Waals surface area contributed by atoms with Crippen molar-refractivity contribution < 1.29 is 9.53 Å². The van der Waals surface area contributed by atoms with E-state index in [0.717, 1.165) is 28.4 Å². The Bertz CT molecular complexity index is 994. The second-order valence-corrected chi connectivity index (χ2v) is 8.38. The quantitative estimate of drug-likeness (QED) is 0.653. The lowest BCUT2D eigenvalue weighted by molar-refractivity contribution is 0.102. The molecule has 0 radical (unpaired) electrons. The maximum absolute atomic E-state index is 12.6. The van der Waals surface area contributed by atoms with Crippen LogP contribution in [0.2, 0.25) is 0 Å². The molecule has 1 aromatic heterocycles.